The van der Waals surface area contributed by atoms with Crippen LogP contribution >= 0.6 is 0 Å². The molecule has 0 unspecified atom stereocenters. The summed E-state index contributed by atoms with van der Waals surface area (Å²) in [5, 5.41) is 0. The normalized spacial score (nSPS) is 14.1. The Kier molecular flexibility index (Phi) is 10.8. The molecule has 0 bridgehead atoms. The van der Waals surface area contributed by atoms with E-state index in [-0.39, 0.29) is 0 Å². The summed E-state index contributed by atoms with van der Waals surface area (Å²) in [6, 6.07) is 2.28. The number of aromatic nitrogens is 3. The average molecular weight is 356 g/mol. The second kappa shape index (κ2) is 12.6. The first-order valence-electron chi connectivity index (χ1n) is 10.5. The Morgan fingerprint density at radius 1 is 0.654 bits per heavy atom. The lowest BCUT2D eigenvalue weighted by Gasteiger charge is -2.14. The lowest BCUT2D eigenvalue weighted by atomic mass is 9.95. The molecule has 2 heterocycles. The van der Waals surface area contributed by atoms with Crippen molar-refractivity contribution < 1.29 is 0 Å². The fraction of sp³-hybridized carbons (Fsp3) is 0.609. The molecule has 2 aliphatic carbocycles. The number of hydrogen-bond acceptors (Lipinski definition) is 3. The predicted octanol–water partition coefficient (Wildman–Crippen LogP) is 5.99. The molecule has 3 nitrogen and oxygen atoms in total. The molecule has 0 spiro atoms. The van der Waals surface area contributed by atoms with Gasteiger partial charge in [0.1, 0.15) is 5.82 Å². The topological polar surface area (TPSA) is 38.7 Å². The minimum absolute atomic E-state index is 0.908. The summed E-state index contributed by atoms with van der Waals surface area (Å²) in [6.45, 7) is 12.1. The van der Waals surface area contributed by atoms with Gasteiger partial charge in [-0.15, -0.1) is 0 Å². The van der Waals surface area contributed by atoms with Crippen molar-refractivity contribution in [3.8, 4) is 0 Å². The lowest BCUT2D eigenvalue weighted by Crippen LogP contribution is -2.07. The number of hydrogen-bond donors (Lipinski definition) is 0. The van der Waals surface area contributed by atoms with E-state index in [0.717, 1.165) is 12.2 Å². The molecule has 0 radical (unpaired) electrons. The first kappa shape index (κ1) is 22.3. The summed E-state index contributed by atoms with van der Waals surface area (Å²) < 4.78 is 0. The van der Waals surface area contributed by atoms with Gasteiger partial charge in [-0.1, -0.05) is 33.8 Å². The summed E-state index contributed by atoms with van der Waals surface area (Å²) in [4.78, 5) is 13.0. The van der Waals surface area contributed by atoms with E-state index in [0.29, 0.717) is 0 Å². The lowest BCUT2D eigenvalue weighted by molar-refractivity contribution is 0.658. The van der Waals surface area contributed by atoms with Crippen LogP contribution in [0.2, 0.25) is 0 Å². The summed E-state index contributed by atoms with van der Waals surface area (Å²) in [5.41, 5.74) is 6.76. The quantitative estimate of drug-likeness (QED) is 0.583. The van der Waals surface area contributed by atoms with E-state index >= 15 is 0 Å². The largest absolute Gasteiger partial charge is 0.261 e. The highest BCUT2D eigenvalue weighted by molar-refractivity contribution is 5.26. The SMILES string of the molecule is CC.CC.Cc1cnc2c(c1)CCCC2.Cc1ncc2c(n1)CCCC2. The van der Waals surface area contributed by atoms with E-state index in [1.165, 1.54) is 73.0 Å². The Morgan fingerprint density at radius 2 is 1.23 bits per heavy atom. The zero-order chi connectivity index (χ0) is 19.4. The van der Waals surface area contributed by atoms with Gasteiger partial charge >= 0.3 is 0 Å². The Bertz CT molecular complexity index is 592. The Hall–Kier alpha value is -1.77. The molecule has 0 N–H and O–H groups in total. The zero-order valence-corrected chi connectivity index (χ0v) is 17.7. The van der Waals surface area contributed by atoms with Crippen LogP contribution in [0.3, 0.4) is 0 Å². The van der Waals surface area contributed by atoms with Crippen molar-refractivity contribution in [2.24, 2.45) is 0 Å². The number of nitrogens with zero attached hydrogens (tertiary/aromatic N) is 3. The fourth-order valence-corrected chi connectivity index (χ4v) is 3.28. The molecule has 0 fully saturated rings. The van der Waals surface area contributed by atoms with Gasteiger partial charge in [-0.05, 0) is 81.9 Å². The first-order valence-corrected chi connectivity index (χ1v) is 10.5. The fourth-order valence-electron chi connectivity index (χ4n) is 3.28. The van der Waals surface area contributed by atoms with Crippen LogP contribution in [0.15, 0.2) is 18.5 Å². The molecule has 2 aromatic rings. The highest BCUT2D eigenvalue weighted by Gasteiger charge is 2.10. The van der Waals surface area contributed by atoms with Gasteiger partial charge in [0, 0.05) is 23.8 Å². The Balaban J connectivity index is 0.000000219. The molecular formula is C23H37N3. The van der Waals surface area contributed by atoms with E-state index in [1.54, 1.807) is 0 Å². The van der Waals surface area contributed by atoms with Gasteiger partial charge in [0.25, 0.3) is 0 Å². The number of rotatable bonds is 0. The number of fused-ring (bicyclic) bond motifs is 2. The van der Waals surface area contributed by atoms with Crippen molar-refractivity contribution in [1.29, 1.82) is 0 Å². The zero-order valence-electron chi connectivity index (χ0n) is 17.7. The summed E-state index contributed by atoms with van der Waals surface area (Å²) >= 11 is 0. The monoisotopic (exact) mass is 355 g/mol. The molecule has 0 atom stereocenters. The van der Waals surface area contributed by atoms with E-state index in [2.05, 4.69) is 27.9 Å². The van der Waals surface area contributed by atoms with Crippen molar-refractivity contribution in [3.63, 3.8) is 0 Å². The van der Waals surface area contributed by atoms with Crippen LogP contribution in [-0.2, 0) is 25.7 Å². The van der Waals surface area contributed by atoms with Crippen LogP contribution in [0, 0.1) is 13.8 Å². The highest BCUT2D eigenvalue weighted by Crippen LogP contribution is 2.19. The number of pyridine rings is 1. The van der Waals surface area contributed by atoms with Gasteiger partial charge in [0.2, 0.25) is 0 Å². The van der Waals surface area contributed by atoms with Crippen LogP contribution in [0.1, 0.15) is 87.3 Å². The third-order valence-electron chi connectivity index (χ3n) is 4.49. The highest BCUT2D eigenvalue weighted by atomic mass is 14.9. The van der Waals surface area contributed by atoms with E-state index in [1.807, 2.05) is 47.0 Å². The minimum atomic E-state index is 0.908. The second-order valence-corrected chi connectivity index (χ2v) is 6.42. The number of aryl methyl sites for hydroxylation is 6. The van der Waals surface area contributed by atoms with Gasteiger partial charge in [-0.25, -0.2) is 9.97 Å². The van der Waals surface area contributed by atoms with Crippen molar-refractivity contribution in [3.05, 3.63) is 52.4 Å². The van der Waals surface area contributed by atoms with Crippen molar-refractivity contribution in [2.45, 2.75) is 92.9 Å². The average Bonchev–Trinajstić information content (AvgIpc) is 2.71. The van der Waals surface area contributed by atoms with Gasteiger partial charge in [0.05, 0.1) is 0 Å². The van der Waals surface area contributed by atoms with E-state index < -0.39 is 0 Å². The summed E-state index contributed by atoms with van der Waals surface area (Å²) in [7, 11) is 0. The maximum atomic E-state index is 4.42. The van der Waals surface area contributed by atoms with Crippen LogP contribution in [0.4, 0.5) is 0 Å². The molecule has 0 amide bonds. The molecule has 26 heavy (non-hydrogen) atoms. The molecular weight excluding hydrogens is 318 g/mol. The Labute approximate surface area is 160 Å². The molecule has 0 aliphatic heterocycles. The predicted molar refractivity (Wildman–Crippen MR) is 112 cm³/mol. The molecule has 2 aliphatic rings. The summed E-state index contributed by atoms with van der Waals surface area (Å²) in [5.74, 6) is 0.908. The van der Waals surface area contributed by atoms with Gasteiger partial charge in [-0.2, -0.15) is 0 Å². The maximum Gasteiger partial charge on any atom is 0.125 e. The van der Waals surface area contributed by atoms with Crippen LogP contribution in [-0.4, -0.2) is 15.0 Å². The molecule has 0 saturated carbocycles. The second-order valence-electron chi connectivity index (χ2n) is 6.42. The third kappa shape index (κ3) is 6.86. The van der Waals surface area contributed by atoms with Crippen molar-refractivity contribution in [1.82, 2.24) is 15.0 Å². The van der Waals surface area contributed by atoms with Gasteiger partial charge in [-0.3, -0.25) is 4.98 Å². The van der Waals surface area contributed by atoms with Crippen molar-refractivity contribution >= 4 is 0 Å². The van der Waals surface area contributed by atoms with Crippen LogP contribution in [0.5, 0.6) is 0 Å². The van der Waals surface area contributed by atoms with E-state index in [4.69, 9.17) is 0 Å². The Morgan fingerprint density at radius 3 is 1.92 bits per heavy atom. The molecule has 144 valence electrons. The molecule has 0 aromatic carbocycles. The molecule has 3 heteroatoms. The summed E-state index contributed by atoms with van der Waals surface area (Å²) in [6.07, 6.45) is 14.0. The van der Waals surface area contributed by atoms with Crippen molar-refractivity contribution in [2.75, 3.05) is 0 Å². The van der Waals surface area contributed by atoms with Crippen LogP contribution < -0.4 is 0 Å². The smallest absolute Gasteiger partial charge is 0.125 e. The standard InChI is InChI=1S/C10H13N.C9H12N2.2C2H6/c1-8-6-9-4-2-3-5-10(9)11-7-8;1-7-10-6-8-4-2-3-5-9(8)11-7;2*1-2/h6-7H,2-5H2,1H3;6H,2-5H2,1H3;2*1-2H3. The third-order valence-corrected chi connectivity index (χ3v) is 4.49. The molecule has 4 rings (SSSR count). The van der Waals surface area contributed by atoms with E-state index in [9.17, 15) is 0 Å². The minimum Gasteiger partial charge on any atom is -0.261 e. The van der Waals surface area contributed by atoms with Gasteiger partial charge in [0.15, 0.2) is 0 Å². The molecule has 2 aromatic heterocycles. The first-order chi connectivity index (χ1) is 12.7. The van der Waals surface area contributed by atoms with Gasteiger partial charge < -0.3 is 0 Å². The maximum absolute atomic E-state index is 4.42. The molecule has 0 saturated heterocycles. The van der Waals surface area contributed by atoms with Crippen LogP contribution in [0.25, 0.3) is 0 Å².